The number of hydrogen-bond acceptors (Lipinski definition) is 2. The third kappa shape index (κ3) is 8.15. The second-order valence-electron chi connectivity index (χ2n) is 6.86. The van der Waals surface area contributed by atoms with Crippen molar-refractivity contribution in [3.63, 3.8) is 0 Å². The largest absolute Gasteiger partial charge is 0.491 e. The fraction of sp³-hybridized carbons (Fsp3) is 0.333. The number of ether oxygens (including phenoxy) is 1. The average Bonchev–Trinajstić information content (AvgIpc) is 2.61. The zero-order chi connectivity index (χ0) is 20.5. The molecule has 0 aliphatic carbocycles. The van der Waals surface area contributed by atoms with Gasteiger partial charge in [-0.05, 0) is 81.9 Å². The zero-order valence-electron chi connectivity index (χ0n) is 16.6. The molecule has 7 heteroatoms. The van der Waals surface area contributed by atoms with Gasteiger partial charge in [0.15, 0.2) is 5.11 Å². The van der Waals surface area contributed by atoms with E-state index in [2.05, 4.69) is 20.9 Å². The molecule has 0 bridgehead atoms. The van der Waals surface area contributed by atoms with E-state index in [4.69, 9.17) is 28.6 Å². The van der Waals surface area contributed by atoms with Crippen LogP contribution in [0.25, 0.3) is 0 Å². The molecule has 2 rings (SSSR count). The molecular weight excluding hydrogens is 392 g/mol. The molecule has 0 amide bonds. The van der Waals surface area contributed by atoms with E-state index in [1.165, 1.54) is 0 Å². The monoisotopic (exact) mass is 418 g/mol. The lowest BCUT2D eigenvalue weighted by atomic mass is 10.2. The van der Waals surface area contributed by atoms with Crippen molar-refractivity contribution in [2.24, 2.45) is 4.99 Å². The molecule has 0 radical (unpaired) electrons. The van der Waals surface area contributed by atoms with Crippen LogP contribution in [0, 0.1) is 0 Å². The molecule has 0 aliphatic heterocycles. The smallest absolute Gasteiger partial charge is 0.203 e. The first-order chi connectivity index (χ1) is 13.3. The van der Waals surface area contributed by atoms with E-state index in [9.17, 15) is 0 Å². The number of halogens is 1. The number of nitrogens with zero attached hydrogens (tertiary/aromatic N) is 1. The van der Waals surface area contributed by atoms with Crippen LogP contribution in [0.15, 0.2) is 53.5 Å². The number of nitrogens with one attached hydrogen (secondary N) is 3. The molecule has 0 heterocycles. The number of thiocarbonyl (C=S) groups is 1. The van der Waals surface area contributed by atoms with Crippen LogP contribution < -0.4 is 20.7 Å². The molecule has 0 saturated carbocycles. The Morgan fingerprint density at radius 2 is 1.68 bits per heavy atom. The van der Waals surface area contributed by atoms with Gasteiger partial charge in [-0.1, -0.05) is 23.7 Å². The van der Waals surface area contributed by atoms with Crippen LogP contribution in [-0.2, 0) is 6.54 Å². The van der Waals surface area contributed by atoms with E-state index in [1.807, 2.05) is 76.2 Å². The number of guanidine groups is 1. The topological polar surface area (TPSA) is 57.7 Å². The summed E-state index contributed by atoms with van der Waals surface area (Å²) in [6, 6.07) is 15.6. The van der Waals surface area contributed by atoms with Gasteiger partial charge in [0.1, 0.15) is 5.75 Å². The van der Waals surface area contributed by atoms with Crippen LogP contribution in [0.2, 0.25) is 5.02 Å². The van der Waals surface area contributed by atoms with Crippen molar-refractivity contribution >= 4 is 40.6 Å². The Morgan fingerprint density at radius 3 is 2.25 bits per heavy atom. The summed E-state index contributed by atoms with van der Waals surface area (Å²) in [6.07, 6.45) is 0.136. The molecule has 3 N–H and O–H groups in total. The van der Waals surface area contributed by atoms with Crippen LogP contribution in [0.3, 0.4) is 0 Å². The Kier molecular flexibility index (Phi) is 8.54. The lowest BCUT2D eigenvalue weighted by molar-refractivity contribution is 0.242. The highest BCUT2D eigenvalue weighted by Gasteiger charge is 2.05. The predicted molar refractivity (Wildman–Crippen MR) is 122 cm³/mol. The Bertz CT molecular complexity index is 789. The lowest BCUT2D eigenvalue weighted by Gasteiger charge is -2.15. The van der Waals surface area contributed by atoms with Crippen LogP contribution in [0.4, 0.5) is 5.69 Å². The maximum Gasteiger partial charge on any atom is 0.203 e. The maximum absolute atomic E-state index is 5.95. The molecule has 0 aromatic heterocycles. The second-order valence-corrected chi connectivity index (χ2v) is 7.68. The van der Waals surface area contributed by atoms with Crippen molar-refractivity contribution in [2.45, 2.75) is 46.4 Å². The predicted octanol–water partition coefficient (Wildman–Crippen LogP) is 4.97. The summed E-state index contributed by atoms with van der Waals surface area (Å²) >= 11 is 11.3. The fourth-order valence-corrected chi connectivity index (χ4v) is 2.76. The van der Waals surface area contributed by atoms with Crippen molar-refractivity contribution in [3.05, 3.63) is 59.1 Å². The molecule has 2 aromatic rings. The van der Waals surface area contributed by atoms with Crippen molar-refractivity contribution in [2.75, 3.05) is 5.32 Å². The van der Waals surface area contributed by atoms with E-state index in [0.717, 1.165) is 17.0 Å². The number of rotatable bonds is 6. The average molecular weight is 419 g/mol. The van der Waals surface area contributed by atoms with Gasteiger partial charge in [-0.25, -0.2) is 0 Å². The molecule has 0 atom stereocenters. The lowest BCUT2D eigenvalue weighted by Crippen LogP contribution is -2.35. The Hall–Kier alpha value is -2.31. The summed E-state index contributed by atoms with van der Waals surface area (Å²) in [6.45, 7) is 8.62. The van der Waals surface area contributed by atoms with Gasteiger partial charge in [0.05, 0.1) is 6.10 Å². The number of hydrogen-bond donors (Lipinski definition) is 3. The van der Waals surface area contributed by atoms with Gasteiger partial charge < -0.3 is 20.7 Å². The Morgan fingerprint density at radius 1 is 1.04 bits per heavy atom. The van der Waals surface area contributed by atoms with E-state index in [1.54, 1.807) is 0 Å². The highest BCUT2D eigenvalue weighted by molar-refractivity contribution is 7.80. The first kappa shape index (κ1) is 22.0. The van der Waals surface area contributed by atoms with Crippen LogP contribution in [-0.4, -0.2) is 23.2 Å². The van der Waals surface area contributed by atoms with Gasteiger partial charge >= 0.3 is 0 Å². The molecule has 28 heavy (non-hydrogen) atoms. The normalized spacial score (nSPS) is 11.5. The van der Waals surface area contributed by atoms with E-state index < -0.39 is 0 Å². The minimum Gasteiger partial charge on any atom is -0.491 e. The number of anilines is 1. The van der Waals surface area contributed by atoms with Gasteiger partial charge in [-0.15, -0.1) is 0 Å². The third-order valence-corrected chi connectivity index (χ3v) is 3.95. The summed E-state index contributed by atoms with van der Waals surface area (Å²) in [7, 11) is 0. The zero-order valence-corrected chi connectivity index (χ0v) is 18.2. The number of aliphatic imine (C=N–C) groups is 1. The maximum atomic E-state index is 5.95. The number of benzene rings is 2. The highest BCUT2D eigenvalue weighted by atomic mass is 35.5. The summed E-state index contributed by atoms with van der Waals surface area (Å²) in [5, 5.41) is 10.8. The van der Waals surface area contributed by atoms with Crippen LogP contribution >= 0.6 is 23.8 Å². The minimum atomic E-state index is 0.136. The fourth-order valence-electron chi connectivity index (χ4n) is 2.31. The quantitative estimate of drug-likeness (QED) is 0.351. The summed E-state index contributed by atoms with van der Waals surface area (Å²) in [5.41, 5.74) is 1.97. The van der Waals surface area contributed by atoms with Crippen molar-refractivity contribution in [3.8, 4) is 5.75 Å². The van der Waals surface area contributed by atoms with Crippen molar-refractivity contribution < 1.29 is 4.74 Å². The molecule has 0 fully saturated rings. The van der Waals surface area contributed by atoms with E-state index in [0.29, 0.717) is 22.6 Å². The molecule has 0 unspecified atom stereocenters. The van der Waals surface area contributed by atoms with Gasteiger partial charge in [-0.2, -0.15) is 4.99 Å². The molecule has 150 valence electrons. The summed E-state index contributed by atoms with van der Waals surface area (Å²) in [4.78, 5) is 4.47. The first-order valence-electron chi connectivity index (χ1n) is 9.23. The second kappa shape index (κ2) is 10.9. The van der Waals surface area contributed by atoms with Gasteiger partial charge in [0.2, 0.25) is 5.96 Å². The van der Waals surface area contributed by atoms with Crippen molar-refractivity contribution in [1.29, 1.82) is 0 Å². The molecule has 0 aliphatic rings. The van der Waals surface area contributed by atoms with Gasteiger partial charge in [-0.3, -0.25) is 0 Å². The SMILES string of the molecule is CC(C)NC(=S)N=C(NCc1ccc(Cl)cc1)Nc1ccc(OC(C)C)cc1. The summed E-state index contributed by atoms with van der Waals surface area (Å²) in [5.74, 6) is 1.38. The van der Waals surface area contributed by atoms with Crippen LogP contribution in [0.5, 0.6) is 5.75 Å². The minimum absolute atomic E-state index is 0.136. The molecule has 0 saturated heterocycles. The Balaban J connectivity index is 2.09. The molecular formula is C21H27ClN4OS. The van der Waals surface area contributed by atoms with Gasteiger partial charge in [0.25, 0.3) is 0 Å². The van der Waals surface area contributed by atoms with Gasteiger partial charge in [0, 0.05) is 23.3 Å². The van der Waals surface area contributed by atoms with Crippen LogP contribution in [0.1, 0.15) is 33.3 Å². The molecule has 5 nitrogen and oxygen atoms in total. The van der Waals surface area contributed by atoms with E-state index in [-0.39, 0.29) is 12.1 Å². The summed E-state index contributed by atoms with van der Waals surface area (Å²) < 4.78 is 5.68. The molecule has 2 aromatic carbocycles. The van der Waals surface area contributed by atoms with Crippen molar-refractivity contribution in [1.82, 2.24) is 10.6 Å². The Labute approximate surface area is 177 Å². The highest BCUT2D eigenvalue weighted by Crippen LogP contribution is 2.17. The first-order valence-corrected chi connectivity index (χ1v) is 10.0. The molecule has 0 spiro atoms. The third-order valence-electron chi connectivity index (χ3n) is 3.49. The van der Waals surface area contributed by atoms with E-state index >= 15 is 0 Å². The standard InChI is InChI=1S/C21H27ClN4OS/c1-14(2)24-21(28)26-20(23-13-16-5-7-17(22)8-6-16)25-18-9-11-19(12-10-18)27-15(3)4/h5-12,14-15H,13H2,1-4H3,(H3,23,24,25,26,28).